The number of rotatable bonds is 3. The fourth-order valence-electron chi connectivity index (χ4n) is 3.24. The summed E-state index contributed by atoms with van der Waals surface area (Å²) >= 11 is 0. The lowest BCUT2D eigenvalue weighted by atomic mass is 9.67. The number of carboxylic acid groups (broad SMARTS) is 1. The molecule has 17 heavy (non-hydrogen) atoms. The molecule has 0 aromatic rings. The first kappa shape index (κ1) is 12.8. The molecule has 0 bridgehead atoms. The van der Waals surface area contributed by atoms with Gasteiger partial charge in [0.15, 0.2) is 0 Å². The number of hydrogen-bond donors (Lipinski definition) is 3. The van der Waals surface area contributed by atoms with E-state index in [9.17, 15) is 15.0 Å². The molecule has 0 aliphatic heterocycles. The molecule has 5 unspecified atom stereocenters. The lowest BCUT2D eigenvalue weighted by Crippen LogP contribution is -2.46. The molecule has 5 nitrogen and oxygen atoms in total. The molecule has 5 heteroatoms. The number of hydrogen-bond acceptors (Lipinski definition) is 4. The highest BCUT2D eigenvalue weighted by molar-refractivity contribution is 5.68. The van der Waals surface area contributed by atoms with Gasteiger partial charge in [0.1, 0.15) is 6.61 Å². The van der Waals surface area contributed by atoms with Crippen LogP contribution in [0.3, 0.4) is 0 Å². The van der Waals surface area contributed by atoms with Gasteiger partial charge in [0, 0.05) is 0 Å². The Bertz CT molecular complexity index is 280. The molecule has 0 spiro atoms. The van der Waals surface area contributed by atoms with Crippen molar-refractivity contribution in [2.45, 2.75) is 50.4 Å². The van der Waals surface area contributed by atoms with Crippen molar-refractivity contribution in [2.75, 3.05) is 6.61 Å². The predicted octanol–water partition coefficient (Wildman–Crippen LogP) is 0.388. The fraction of sp³-hybridized carbons (Fsp3) is 0.917. The lowest BCUT2D eigenvalue weighted by molar-refractivity contribution is -0.151. The Kier molecular flexibility index (Phi) is 4.01. The van der Waals surface area contributed by atoms with Crippen molar-refractivity contribution in [1.82, 2.24) is 0 Å². The summed E-state index contributed by atoms with van der Waals surface area (Å²) in [5.41, 5.74) is 0. The van der Waals surface area contributed by atoms with E-state index in [1.54, 1.807) is 0 Å². The summed E-state index contributed by atoms with van der Waals surface area (Å²) in [6.45, 7) is -0.271. The largest absolute Gasteiger partial charge is 0.480 e. The summed E-state index contributed by atoms with van der Waals surface area (Å²) in [7, 11) is 0. The topological polar surface area (TPSA) is 87.0 Å². The van der Waals surface area contributed by atoms with Crippen LogP contribution in [0.1, 0.15) is 32.1 Å². The van der Waals surface area contributed by atoms with E-state index in [-0.39, 0.29) is 18.6 Å². The Balaban J connectivity index is 1.95. The molecule has 98 valence electrons. The Morgan fingerprint density at radius 3 is 2.59 bits per heavy atom. The van der Waals surface area contributed by atoms with Crippen LogP contribution in [0.4, 0.5) is 0 Å². The van der Waals surface area contributed by atoms with E-state index in [4.69, 9.17) is 9.84 Å². The zero-order valence-corrected chi connectivity index (χ0v) is 9.79. The minimum absolute atomic E-state index is 0.0769. The molecule has 2 fully saturated rings. The zero-order valence-electron chi connectivity index (χ0n) is 9.79. The second-order valence-electron chi connectivity index (χ2n) is 5.20. The number of ether oxygens (including phenoxy) is 1. The van der Waals surface area contributed by atoms with Gasteiger partial charge < -0.3 is 20.1 Å². The van der Waals surface area contributed by atoms with Crippen molar-refractivity contribution in [1.29, 1.82) is 0 Å². The van der Waals surface area contributed by atoms with Crippen LogP contribution in [0.2, 0.25) is 0 Å². The number of aliphatic hydroxyl groups is 2. The SMILES string of the molecule is O=C(O)COC1CCCC2CC(O)C(O)CC21. The van der Waals surface area contributed by atoms with E-state index in [0.717, 1.165) is 19.3 Å². The van der Waals surface area contributed by atoms with Crippen molar-refractivity contribution in [3.8, 4) is 0 Å². The maximum Gasteiger partial charge on any atom is 0.329 e. The molecule has 2 aliphatic rings. The van der Waals surface area contributed by atoms with Gasteiger partial charge in [0.05, 0.1) is 18.3 Å². The number of fused-ring (bicyclic) bond motifs is 1. The fourth-order valence-corrected chi connectivity index (χ4v) is 3.24. The molecule has 2 aliphatic carbocycles. The number of carboxylic acids is 1. The first-order valence-electron chi connectivity index (χ1n) is 6.27. The van der Waals surface area contributed by atoms with Crippen LogP contribution in [0, 0.1) is 11.8 Å². The molecular formula is C12H20O5. The summed E-state index contributed by atoms with van der Waals surface area (Å²) in [5, 5.41) is 27.9. The summed E-state index contributed by atoms with van der Waals surface area (Å²) in [6, 6.07) is 0. The average molecular weight is 244 g/mol. The molecule has 5 atom stereocenters. The van der Waals surface area contributed by atoms with Gasteiger partial charge in [-0.2, -0.15) is 0 Å². The van der Waals surface area contributed by atoms with Crippen LogP contribution >= 0.6 is 0 Å². The molecule has 0 saturated heterocycles. The first-order valence-corrected chi connectivity index (χ1v) is 6.27. The van der Waals surface area contributed by atoms with E-state index in [1.165, 1.54) is 0 Å². The second kappa shape index (κ2) is 5.33. The molecule has 0 heterocycles. The number of carbonyl (C=O) groups is 1. The van der Waals surface area contributed by atoms with Gasteiger partial charge in [-0.25, -0.2) is 4.79 Å². The Labute approximate surface area is 100 Å². The van der Waals surface area contributed by atoms with Crippen LogP contribution in [0.15, 0.2) is 0 Å². The molecule has 0 radical (unpaired) electrons. The number of aliphatic hydroxyl groups excluding tert-OH is 2. The summed E-state index contributed by atoms with van der Waals surface area (Å²) in [4.78, 5) is 10.5. The van der Waals surface area contributed by atoms with Crippen molar-refractivity contribution in [3.63, 3.8) is 0 Å². The maximum absolute atomic E-state index is 10.5. The third-order valence-corrected chi connectivity index (χ3v) is 4.07. The van der Waals surface area contributed by atoms with E-state index in [0.29, 0.717) is 18.8 Å². The molecule has 0 aromatic heterocycles. The van der Waals surface area contributed by atoms with Gasteiger partial charge in [-0.15, -0.1) is 0 Å². The Morgan fingerprint density at radius 2 is 1.88 bits per heavy atom. The molecule has 0 amide bonds. The highest BCUT2D eigenvalue weighted by Crippen LogP contribution is 2.41. The van der Waals surface area contributed by atoms with E-state index in [1.807, 2.05) is 0 Å². The molecular weight excluding hydrogens is 224 g/mol. The highest BCUT2D eigenvalue weighted by Gasteiger charge is 2.41. The average Bonchev–Trinajstić information content (AvgIpc) is 2.28. The minimum atomic E-state index is -0.955. The van der Waals surface area contributed by atoms with E-state index in [2.05, 4.69) is 0 Å². The van der Waals surface area contributed by atoms with Crippen molar-refractivity contribution in [3.05, 3.63) is 0 Å². The maximum atomic E-state index is 10.5. The molecule has 3 N–H and O–H groups in total. The van der Waals surface area contributed by atoms with Gasteiger partial charge in [-0.1, -0.05) is 6.42 Å². The monoisotopic (exact) mass is 244 g/mol. The quantitative estimate of drug-likeness (QED) is 0.668. The molecule has 2 rings (SSSR count). The third-order valence-electron chi connectivity index (χ3n) is 4.07. The van der Waals surface area contributed by atoms with Crippen molar-refractivity contribution in [2.24, 2.45) is 11.8 Å². The van der Waals surface area contributed by atoms with Gasteiger partial charge >= 0.3 is 5.97 Å². The summed E-state index contributed by atoms with van der Waals surface area (Å²) in [5.74, 6) is -0.397. The van der Waals surface area contributed by atoms with Crippen molar-refractivity contribution < 1.29 is 24.9 Å². The van der Waals surface area contributed by atoms with Crippen LogP contribution < -0.4 is 0 Å². The second-order valence-corrected chi connectivity index (χ2v) is 5.20. The van der Waals surface area contributed by atoms with Crippen LogP contribution in [-0.2, 0) is 9.53 Å². The molecule has 2 saturated carbocycles. The Hall–Kier alpha value is -0.650. The standard InChI is InChI=1S/C12H20O5/c13-9-4-7-2-1-3-11(17-6-12(15)16)8(7)5-10(9)14/h7-11,13-14H,1-6H2,(H,15,16). The van der Waals surface area contributed by atoms with Gasteiger partial charge in [0.25, 0.3) is 0 Å². The number of aliphatic carboxylic acids is 1. The van der Waals surface area contributed by atoms with Gasteiger partial charge in [0.2, 0.25) is 0 Å². The Morgan fingerprint density at radius 1 is 1.18 bits per heavy atom. The van der Waals surface area contributed by atoms with Crippen LogP contribution in [0.25, 0.3) is 0 Å². The van der Waals surface area contributed by atoms with Crippen LogP contribution in [-0.4, -0.2) is 46.2 Å². The van der Waals surface area contributed by atoms with Crippen LogP contribution in [0.5, 0.6) is 0 Å². The third kappa shape index (κ3) is 2.97. The normalized spacial score (nSPS) is 41.9. The summed E-state index contributed by atoms with van der Waals surface area (Å²) < 4.78 is 5.41. The predicted molar refractivity (Wildman–Crippen MR) is 59.5 cm³/mol. The van der Waals surface area contributed by atoms with E-state index >= 15 is 0 Å². The highest BCUT2D eigenvalue weighted by atomic mass is 16.5. The zero-order chi connectivity index (χ0) is 12.4. The van der Waals surface area contributed by atoms with E-state index < -0.39 is 18.2 Å². The summed E-state index contributed by atoms with van der Waals surface area (Å²) in [6.07, 6.45) is 2.65. The smallest absolute Gasteiger partial charge is 0.329 e. The van der Waals surface area contributed by atoms with Crippen molar-refractivity contribution >= 4 is 5.97 Å². The minimum Gasteiger partial charge on any atom is -0.480 e. The lowest BCUT2D eigenvalue weighted by Gasteiger charge is -2.44. The first-order chi connectivity index (χ1) is 8.08. The van der Waals surface area contributed by atoms with Gasteiger partial charge in [-0.05, 0) is 37.5 Å². The molecule has 0 aromatic carbocycles. The van der Waals surface area contributed by atoms with Gasteiger partial charge in [-0.3, -0.25) is 0 Å².